The predicted molar refractivity (Wildman–Crippen MR) is 121 cm³/mol. The normalized spacial score (nSPS) is 11.5. The lowest BCUT2D eigenvalue weighted by Gasteiger charge is -2.04. The highest BCUT2D eigenvalue weighted by Gasteiger charge is 2.12. The quantitative estimate of drug-likeness (QED) is 0.451. The van der Waals surface area contributed by atoms with Gasteiger partial charge in [0.15, 0.2) is 5.65 Å². The summed E-state index contributed by atoms with van der Waals surface area (Å²) in [6.45, 7) is 4.97. The van der Waals surface area contributed by atoms with Crippen LogP contribution in [0.5, 0.6) is 0 Å². The van der Waals surface area contributed by atoms with E-state index < -0.39 is 0 Å². The van der Waals surface area contributed by atoms with Gasteiger partial charge in [-0.15, -0.1) is 10.2 Å². The molecule has 158 valence electrons. The van der Waals surface area contributed by atoms with Crippen molar-refractivity contribution in [1.29, 1.82) is 0 Å². The van der Waals surface area contributed by atoms with Gasteiger partial charge in [0.05, 0.1) is 12.2 Å². The largest absolute Gasteiger partial charge is 0.352 e. The third-order valence-corrected chi connectivity index (χ3v) is 5.39. The summed E-state index contributed by atoms with van der Waals surface area (Å²) in [6, 6.07) is 14.0. The van der Waals surface area contributed by atoms with E-state index in [0.717, 1.165) is 28.3 Å². The van der Waals surface area contributed by atoms with Crippen LogP contribution in [-0.2, 0) is 17.8 Å². The number of hydrogen-bond acceptors (Lipinski definition) is 4. The van der Waals surface area contributed by atoms with E-state index in [4.69, 9.17) is 11.6 Å². The standard InChI is InChI=1S/C23H23ClN6O/c1-16-6-8-18(9-7-16)15-30-23(24)19(17(2)28-30)10-11-22(31)25-13-12-21-27-26-20-5-3-4-14-29(20)21/h3-11,14H,12-13,15H2,1-2H3,(H,25,31)/b11-10+. The summed E-state index contributed by atoms with van der Waals surface area (Å²) in [5, 5.41) is 16.2. The number of carbonyl (C=O) groups is 1. The van der Waals surface area contributed by atoms with E-state index >= 15 is 0 Å². The Bertz CT molecular complexity index is 1240. The Morgan fingerprint density at radius 3 is 2.74 bits per heavy atom. The molecule has 0 atom stereocenters. The molecule has 7 nitrogen and oxygen atoms in total. The molecule has 0 saturated heterocycles. The van der Waals surface area contributed by atoms with Crippen LogP contribution >= 0.6 is 11.6 Å². The van der Waals surface area contributed by atoms with E-state index in [1.165, 1.54) is 11.6 Å². The van der Waals surface area contributed by atoms with Gasteiger partial charge in [0, 0.05) is 30.8 Å². The van der Waals surface area contributed by atoms with Crippen LogP contribution in [0.25, 0.3) is 11.7 Å². The van der Waals surface area contributed by atoms with Crippen molar-refractivity contribution in [3.63, 3.8) is 0 Å². The maximum Gasteiger partial charge on any atom is 0.244 e. The minimum atomic E-state index is -0.199. The van der Waals surface area contributed by atoms with Crippen molar-refractivity contribution in [3.8, 4) is 0 Å². The zero-order valence-electron chi connectivity index (χ0n) is 17.4. The highest BCUT2D eigenvalue weighted by Crippen LogP contribution is 2.22. The van der Waals surface area contributed by atoms with Crippen LogP contribution in [-0.4, -0.2) is 36.8 Å². The lowest BCUT2D eigenvalue weighted by atomic mass is 10.1. The molecule has 4 aromatic rings. The molecule has 0 aliphatic rings. The smallest absolute Gasteiger partial charge is 0.244 e. The first-order chi connectivity index (χ1) is 15.0. The van der Waals surface area contributed by atoms with Crippen LogP contribution in [0.3, 0.4) is 0 Å². The molecule has 0 aliphatic heterocycles. The second-order valence-electron chi connectivity index (χ2n) is 7.35. The minimum Gasteiger partial charge on any atom is -0.352 e. The molecule has 1 aromatic carbocycles. The fraction of sp³-hybridized carbons (Fsp3) is 0.217. The molecule has 8 heteroatoms. The number of aryl methyl sites for hydroxylation is 2. The molecule has 3 aromatic heterocycles. The molecule has 31 heavy (non-hydrogen) atoms. The lowest BCUT2D eigenvalue weighted by molar-refractivity contribution is -0.116. The van der Waals surface area contributed by atoms with Gasteiger partial charge in [-0.05, 0) is 37.6 Å². The van der Waals surface area contributed by atoms with Crippen molar-refractivity contribution < 1.29 is 4.79 Å². The molecular formula is C23H23ClN6O. The summed E-state index contributed by atoms with van der Waals surface area (Å²) in [6.07, 6.45) is 5.68. The Kier molecular flexibility index (Phi) is 6.13. The van der Waals surface area contributed by atoms with Crippen LogP contribution < -0.4 is 5.32 Å². The van der Waals surface area contributed by atoms with Gasteiger partial charge in [-0.25, -0.2) is 4.68 Å². The number of halogens is 1. The Hall–Kier alpha value is -3.45. The molecule has 0 aliphatic carbocycles. The Morgan fingerprint density at radius 2 is 1.94 bits per heavy atom. The average Bonchev–Trinajstić information content (AvgIpc) is 3.29. The van der Waals surface area contributed by atoms with E-state index in [0.29, 0.717) is 24.7 Å². The van der Waals surface area contributed by atoms with Gasteiger partial charge in [-0.1, -0.05) is 47.5 Å². The molecule has 0 saturated carbocycles. The van der Waals surface area contributed by atoms with Crippen molar-refractivity contribution in [2.75, 3.05) is 6.54 Å². The highest BCUT2D eigenvalue weighted by atomic mass is 35.5. The van der Waals surface area contributed by atoms with Crippen LogP contribution in [0.4, 0.5) is 0 Å². The summed E-state index contributed by atoms with van der Waals surface area (Å²) in [7, 11) is 0. The number of amides is 1. The van der Waals surface area contributed by atoms with Gasteiger partial charge >= 0.3 is 0 Å². The van der Waals surface area contributed by atoms with Gasteiger partial charge < -0.3 is 5.32 Å². The first-order valence-electron chi connectivity index (χ1n) is 10.0. The van der Waals surface area contributed by atoms with Crippen molar-refractivity contribution in [1.82, 2.24) is 29.7 Å². The van der Waals surface area contributed by atoms with E-state index in [9.17, 15) is 4.79 Å². The summed E-state index contributed by atoms with van der Waals surface area (Å²) in [5.41, 5.74) is 4.63. The molecular weight excluding hydrogens is 412 g/mol. The van der Waals surface area contributed by atoms with Crippen LogP contribution in [0.15, 0.2) is 54.7 Å². The Morgan fingerprint density at radius 1 is 1.13 bits per heavy atom. The zero-order valence-corrected chi connectivity index (χ0v) is 18.2. The van der Waals surface area contributed by atoms with E-state index in [-0.39, 0.29) is 5.91 Å². The third kappa shape index (κ3) is 4.83. The number of benzene rings is 1. The first-order valence-corrected chi connectivity index (χ1v) is 10.4. The van der Waals surface area contributed by atoms with Gasteiger partial charge in [0.1, 0.15) is 11.0 Å². The molecule has 0 spiro atoms. The van der Waals surface area contributed by atoms with Gasteiger partial charge in [-0.2, -0.15) is 5.10 Å². The van der Waals surface area contributed by atoms with Gasteiger partial charge in [0.25, 0.3) is 0 Å². The third-order valence-electron chi connectivity index (χ3n) is 5.00. The molecule has 1 N–H and O–H groups in total. The van der Waals surface area contributed by atoms with Crippen molar-refractivity contribution in [3.05, 3.63) is 88.1 Å². The van der Waals surface area contributed by atoms with Crippen molar-refractivity contribution in [2.45, 2.75) is 26.8 Å². The highest BCUT2D eigenvalue weighted by molar-refractivity contribution is 6.31. The Labute approximate surface area is 185 Å². The molecule has 0 unspecified atom stereocenters. The topological polar surface area (TPSA) is 77.1 Å². The molecule has 0 fully saturated rings. The monoisotopic (exact) mass is 434 g/mol. The first kappa shape index (κ1) is 20.8. The maximum atomic E-state index is 12.2. The summed E-state index contributed by atoms with van der Waals surface area (Å²) < 4.78 is 3.66. The van der Waals surface area contributed by atoms with Crippen LogP contribution in [0.1, 0.15) is 28.2 Å². The SMILES string of the molecule is Cc1ccc(Cn2nc(C)c(/C=C/C(=O)NCCc3nnc4ccccn34)c2Cl)cc1. The minimum absolute atomic E-state index is 0.199. The fourth-order valence-corrected chi connectivity index (χ4v) is 3.60. The van der Waals surface area contributed by atoms with Gasteiger partial charge in [-0.3, -0.25) is 9.20 Å². The predicted octanol–water partition coefficient (Wildman–Crippen LogP) is 3.62. The second-order valence-corrected chi connectivity index (χ2v) is 7.71. The number of aromatic nitrogens is 5. The number of fused-ring (bicyclic) bond motifs is 1. The van der Waals surface area contributed by atoms with Gasteiger partial charge in [0.2, 0.25) is 5.91 Å². The molecule has 1 amide bonds. The average molecular weight is 435 g/mol. The number of hydrogen-bond donors (Lipinski definition) is 1. The van der Waals surface area contributed by atoms with Crippen molar-refractivity contribution >= 4 is 29.2 Å². The number of nitrogens with one attached hydrogen (secondary N) is 1. The lowest BCUT2D eigenvalue weighted by Crippen LogP contribution is -2.24. The molecule has 4 rings (SSSR count). The van der Waals surface area contributed by atoms with Crippen LogP contribution in [0.2, 0.25) is 5.15 Å². The van der Waals surface area contributed by atoms with E-state index in [2.05, 4.69) is 51.8 Å². The zero-order chi connectivity index (χ0) is 21.8. The van der Waals surface area contributed by atoms with E-state index in [1.807, 2.05) is 35.7 Å². The fourth-order valence-electron chi connectivity index (χ4n) is 3.30. The molecule has 0 radical (unpaired) electrons. The summed E-state index contributed by atoms with van der Waals surface area (Å²) in [4.78, 5) is 12.2. The summed E-state index contributed by atoms with van der Waals surface area (Å²) in [5.74, 6) is 0.603. The molecule has 0 bridgehead atoms. The van der Waals surface area contributed by atoms with Crippen LogP contribution in [0, 0.1) is 13.8 Å². The Balaban J connectivity index is 1.36. The van der Waals surface area contributed by atoms with E-state index in [1.54, 1.807) is 10.8 Å². The maximum absolute atomic E-state index is 12.2. The van der Waals surface area contributed by atoms with Crippen molar-refractivity contribution in [2.24, 2.45) is 0 Å². The summed E-state index contributed by atoms with van der Waals surface area (Å²) >= 11 is 6.52. The second kappa shape index (κ2) is 9.14. The number of pyridine rings is 1. The number of carbonyl (C=O) groups excluding carboxylic acids is 1. The molecule has 3 heterocycles. The number of rotatable bonds is 7. The number of nitrogens with zero attached hydrogens (tertiary/aromatic N) is 5.